The Kier molecular flexibility index (Phi) is 7.67. The Morgan fingerprint density at radius 3 is 2.60 bits per heavy atom. The van der Waals surface area contributed by atoms with Crippen LogP contribution in [0.1, 0.15) is 54.9 Å². The zero-order chi connectivity index (χ0) is 18.1. The number of amides is 1. The summed E-state index contributed by atoms with van der Waals surface area (Å²) in [7, 11) is 1.62. The number of carbonyl (C=O) groups is 2. The second-order valence-electron chi connectivity index (χ2n) is 6.33. The lowest BCUT2D eigenvalue weighted by molar-refractivity contribution is -0.129. The summed E-state index contributed by atoms with van der Waals surface area (Å²) in [5.41, 5.74) is 2.81. The molecule has 0 heterocycles. The Bertz CT molecular complexity index is 607. The third-order valence-corrected chi connectivity index (χ3v) is 4.28. The lowest BCUT2D eigenvalue weighted by Gasteiger charge is -2.15. The highest BCUT2D eigenvalue weighted by molar-refractivity contribution is 5.92. The van der Waals surface area contributed by atoms with E-state index in [2.05, 4.69) is 11.4 Å². The van der Waals surface area contributed by atoms with Crippen molar-refractivity contribution in [1.82, 2.24) is 5.32 Å². The zero-order valence-corrected chi connectivity index (χ0v) is 15.0. The first-order valence-corrected chi connectivity index (χ1v) is 8.84. The number of methoxy groups -OCH3 is 1. The number of rotatable bonds is 8. The van der Waals surface area contributed by atoms with Crippen LogP contribution < -0.4 is 5.32 Å². The largest absolute Gasteiger partial charge is 0.449 e. The van der Waals surface area contributed by atoms with Crippen LogP contribution in [0.25, 0.3) is 0 Å². The fourth-order valence-electron chi connectivity index (χ4n) is 2.81. The Labute approximate surface area is 149 Å². The van der Waals surface area contributed by atoms with Gasteiger partial charge in [-0.3, -0.25) is 4.79 Å². The van der Waals surface area contributed by atoms with Gasteiger partial charge in [0.1, 0.15) is 0 Å². The van der Waals surface area contributed by atoms with Crippen molar-refractivity contribution < 1.29 is 19.1 Å². The van der Waals surface area contributed by atoms with E-state index >= 15 is 0 Å². The maximum atomic E-state index is 12.1. The van der Waals surface area contributed by atoms with E-state index in [1.54, 1.807) is 26.2 Å². The van der Waals surface area contributed by atoms with Crippen LogP contribution in [0.5, 0.6) is 0 Å². The molecule has 25 heavy (non-hydrogen) atoms. The number of nitrogens with one attached hydrogen (secondary N) is 1. The summed E-state index contributed by atoms with van der Waals surface area (Å²) in [5.74, 6) is -0.762. The van der Waals surface area contributed by atoms with Gasteiger partial charge in [0.05, 0.1) is 12.2 Å². The van der Waals surface area contributed by atoms with Gasteiger partial charge in [0.25, 0.3) is 5.91 Å². The second kappa shape index (κ2) is 9.99. The van der Waals surface area contributed by atoms with Crippen molar-refractivity contribution >= 4 is 11.9 Å². The quantitative estimate of drug-likeness (QED) is 0.579. The van der Waals surface area contributed by atoms with E-state index in [-0.39, 0.29) is 5.91 Å². The summed E-state index contributed by atoms with van der Waals surface area (Å²) in [4.78, 5) is 24.2. The van der Waals surface area contributed by atoms with Gasteiger partial charge in [-0.1, -0.05) is 23.8 Å². The number of allylic oxidation sites excluding steroid dienone is 1. The van der Waals surface area contributed by atoms with Gasteiger partial charge < -0.3 is 14.8 Å². The monoisotopic (exact) mass is 345 g/mol. The second-order valence-corrected chi connectivity index (χ2v) is 6.33. The summed E-state index contributed by atoms with van der Waals surface area (Å²) in [6.07, 6.45) is 7.08. The molecule has 0 radical (unpaired) electrons. The Hall–Kier alpha value is -2.14. The van der Waals surface area contributed by atoms with Crippen LogP contribution in [-0.4, -0.2) is 31.6 Å². The molecule has 0 aromatic heterocycles. The molecule has 5 heteroatoms. The molecular weight excluding hydrogens is 318 g/mol. The molecule has 0 spiro atoms. The number of esters is 1. The van der Waals surface area contributed by atoms with Gasteiger partial charge in [0.2, 0.25) is 0 Å². The first-order chi connectivity index (χ1) is 12.1. The number of benzene rings is 1. The fourth-order valence-corrected chi connectivity index (χ4v) is 2.81. The average Bonchev–Trinajstić information content (AvgIpc) is 2.63. The molecule has 1 aromatic rings. The van der Waals surface area contributed by atoms with Gasteiger partial charge >= 0.3 is 5.97 Å². The molecule has 0 aliphatic heterocycles. The summed E-state index contributed by atoms with van der Waals surface area (Å²) < 4.78 is 10.3. The molecule has 1 amide bonds. The average molecular weight is 345 g/mol. The van der Waals surface area contributed by atoms with Crippen LogP contribution in [0, 0.1) is 0 Å². The summed E-state index contributed by atoms with van der Waals surface area (Å²) in [6.45, 7) is 2.66. The van der Waals surface area contributed by atoms with Crippen molar-refractivity contribution in [3.8, 4) is 0 Å². The molecule has 0 saturated carbocycles. The van der Waals surface area contributed by atoms with Crippen LogP contribution in [-0.2, 0) is 20.9 Å². The van der Waals surface area contributed by atoms with Gasteiger partial charge in [0, 0.05) is 13.7 Å². The third-order valence-electron chi connectivity index (χ3n) is 4.28. The van der Waals surface area contributed by atoms with Gasteiger partial charge in [-0.25, -0.2) is 4.79 Å². The third kappa shape index (κ3) is 6.35. The molecule has 1 aliphatic carbocycles. The highest BCUT2D eigenvalue weighted by Crippen LogP contribution is 2.19. The van der Waals surface area contributed by atoms with Gasteiger partial charge in [-0.2, -0.15) is 0 Å². The van der Waals surface area contributed by atoms with Crippen molar-refractivity contribution in [2.75, 3.05) is 13.7 Å². The molecule has 1 atom stereocenters. The van der Waals surface area contributed by atoms with Gasteiger partial charge in [-0.05, 0) is 56.7 Å². The number of hydrogen-bond donors (Lipinski definition) is 1. The maximum Gasteiger partial charge on any atom is 0.338 e. The van der Waals surface area contributed by atoms with E-state index in [0.717, 1.165) is 24.8 Å². The maximum absolute atomic E-state index is 12.1. The predicted octanol–water partition coefficient (Wildman–Crippen LogP) is 3.39. The molecule has 1 N–H and O–H groups in total. The van der Waals surface area contributed by atoms with Crippen molar-refractivity contribution in [1.29, 1.82) is 0 Å². The van der Waals surface area contributed by atoms with Crippen molar-refractivity contribution in [2.45, 2.75) is 51.7 Å². The van der Waals surface area contributed by atoms with Crippen LogP contribution in [0.15, 0.2) is 35.9 Å². The lowest BCUT2D eigenvalue weighted by atomic mass is 9.97. The fraction of sp³-hybridized carbons (Fsp3) is 0.500. The SMILES string of the molecule is COCc1ccc(C(=O)O[C@@H](C)C(=O)NCCC2=CCCCC2)cc1. The molecule has 136 valence electrons. The van der Waals surface area contributed by atoms with Crippen molar-refractivity contribution in [3.05, 3.63) is 47.0 Å². The number of hydrogen-bond acceptors (Lipinski definition) is 4. The minimum atomic E-state index is -0.813. The highest BCUT2D eigenvalue weighted by Gasteiger charge is 2.18. The predicted molar refractivity (Wildman–Crippen MR) is 96.2 cm³/mol. The zero-order valence-electron chi connectivity index (χ0n) is 15.0. The van der Waals surface area contributed by atoms with Crippen molar-refractivity contribution in [2.24, 2.45) is 0 Å². The van der Waals surface area contributed by atoms with Crippen LogP contribution in [0.2, 0.25) is 0 Å². The topological polar surface area (TPSA) is 64.6 Å². The Morgan fingerprint density at radius 1 is 1.20 bits per heavy atom. The first-order valence-electron chi connectivity index (χ1n) is 8.84. The van der Waals surface area contributed by atoms with Crippen molar-refractivity contribution in [3.63, 3.8) is 0 Å². The van der Waals surface area contributed by atoms with E-state index in [4.69, 9.17) is 9.47 Å². The van der Waals surface area contributed by atoms with Gasteiger partial charge in [0.15, 0.2) is 6.10 Å². The summed E-state index contributed by atoms with van der Waals surface area (Å²) >= 11 is 0. The number of ether oxygens (including phenoxy) is 2. The minimum Gasteiger partial charge on any atom is -0.449 e. The first kappa shape index (κ1) is 19.2. The molecule has 0 unspecified atom stereocenters. The molecular formula is C20H27NO4. The van der Waals surface area contributed by atoms with Gasteiger partial charge in [-0.15, -0.1) is 0 Å². The lowest BCUT2D eigenvalue weighted by Crippen LogP contribution is -2.36. The summed E-state index contributed by atoms with van der Waals surface area (Å²) in [5, 5.41) is 2.84. The standard InChI is InChI=1S/C20H27NO4/c1-15(19(22)21-13-12-16-6-4-3-5-7-16)25-20(23)18-10-8-17(9-11-18)14-24-2/h6,8-11,15H,3-5,7,12-14H2,1-2H3,(H,21,22)/t15-/m0/s1. The van der Waals surface area contributed by atoms with E-state index in [0.29, 0.717) is 18.7 Å². The van der Waals surface area contributed by atoms with Crippen LogP contribution in [0.3, 0.4) is 0 Å². The normalized spacial score (nSPS) is 15.2. The molecule has 5 nitrogen and oxygen atoms in total. The van der Waals surface area contributed by atoms with E-state index in [1.165, 1.54) is 18.4 Å². The van der Waals surface area contributed by atoms with Crippen LogP contribution >= 0.6 is 0 Å². The van der Waals surface area contributed by atoms with E-state index < -0.39 is 12.1 Å². The molecule has 0 fully saturated rings. The highest BCUT2D eigenvalue weighted by atomic mass is 16.5. The van der Waals surface area contributed by atoms with Crippen LogP contribution in [0.4, 0.5) is 0 Å². The molecule has 0 bridgehead atoms. The molecule has 0 saturated heterocycles. The smallest absolute Gasteiger partial charge is 0.338 e. The molecule has 2 rings (SSSR count). The minimum absolute atomic E-state index is 0.263. The molecule has 1 aromatic carbocycles. The molecule has 1 aliphatic rings. The van der Waals surface area contributed by atoms with E-state index in [1.807, 2.05) is 12.1 Å². The number of carbonyl (C=O) groups excluding carboxylic acids is 2. The Morgan fingerprint density at radius 2 is 1.96 bits per heavy atom. The summed E-state index contributed by atoms with van der Waals surface area (Å²) in [6, 6.07) is 6.97. The van der Waals surface area contributed by atoms with E-state index in [9.17, 15) is 9.59 Å². The Balaban J connectivity index is 1.75.